The van der Waals surface area contributed by atoms with Gasteiger partial charge >= 0.3 is 6.03 Å². The van der Waals surface area contributed by atoms with Crippen LogP contribution in [0.15, 0.2) is 42.5 Å². The molecule has 2 aromatic carbocycles. The van der Waals surface area contributed by atoms with E-state index in [0.717, 1.165) is 37.4 Å². The summed E-state index contributed by atoms with van der Waals surface area (Å²) in [7, 11) is 0. The van der Waals surface area contributed by atoms with Gasteiger partial charge in [-0.2, -0.15) is 0 Å². The maximum absolute atomic E-state index is 12.7. The van der Waals surface area contributed by atoms with Crippen LogP contribution in [0.4, 0.5) is 4.79 Å². The minimum atomic E-state index is -0.301. The molecule has 2 aliphatic heterocycles. The van der Waals surface area contributed by atoms with E-state index < -0.39 is 0 Å². The molecule has 1 saturated carbocycles. The Morgan fingerprint density at radius 2 is 1.67 bits per heavy atom. The molecule has 0 radical (unpaired) electrons. The van der Waals surface area contributed by atoms with Crippen LogP contribution in [0.3, 0.4) is 0 Å². The summed E-state index contributed by atoms with van der Waals surface area (Å²) in [4.78, 5) is 44.2. The largest absolute Gasteiger partial charge is 0.339 e. The second kappa shape index (κ2) is 7.72. The normalized spacial score (nSPS) is 20.5. The number of nitrogens with zero attached hydrogens (tertiary/aromatic N) is 4. The van der Waals surface area contributed by atoms with Crippen LogP contribution >= 0.6 is 0 Å². The van der Waals surface area contributed by atoms with Gasteiger partial charge in [-0.1, -0.05) is 42.5 Å². The fraction of sp³-hybridized carbons (Fsp3) is 0.435. The van der Waals surface area contributed by atoms with Crippen molar-refractivity contribution in [1.29, 1.82) is 0 Å². The third-order valence-corrected chi connectivity index (χ3v) is 6.36. The Labute approximate surface area is 175 Å². The molecule has 2 saturated heterocycles. The number of benzene rings is 2. The van der Waals surface area contributed by atoms with Gasteiger partial charge in [0, 0.05) is 38.8 Å². The molecular weight excluding hydrogens is 380 g/mol. The van der Waals surface area contributed by atoms with Gasteiger partial charge in [0.25, 0.3) is 5.91 Å². The third kappa shape index (κ3) is 3.65. The smallest absolute Gasteiger partial charge is 0.327 e. The van der Waals surface area contributed by atoms with E-state index in [4.69, 9.17) is 0 Å². The van der Waals surface area contributed by atoms with Gasteiger partial charge in [0.1, 0.15) is 13.1 Å². The highest BCUT2D eigenvalue weighted by Crippen LogP contribution is 2.30. The molecule has 0 aromatic heterocycles. The van der Waals surface area contributed by atoms with E-state index in [0.29, 0.717) is 13.1 Å². The van der Waals surface area contributed by atoms with Crippen molar-refractivity contribution < 1.29 is 14.4 Å². The number of fused-ring (bicyclic) bond motifs is 1. The Kier molecular flexibility index (Phi) is 4.90. The predicted molar refractivity (Wildman–Crippen MR) is 113 cm³/mol. The Bertz CT molecular complexity index is 990. The highest BCUT2D eigenvalue weighted by atomic mass is 16.2. The van der Waals surface area contributed by atoms with Crippen LogP contribution in [-0.4, -0.2) is 82.8 Å². The van der Waals surface area contributed by atoms with Gasteiger partial charge in [0.15, 0.2) is 0 Å². The van der Waals surface area contributed by atoms with Crippen LogP contribution in [0, 0.1) is 0 Å². The number of piperazine rings is 1. The molecule has 156 valence electrons. The molecule has 7 heteroatoms. The van der Waals surface area contributed by atoms with Gasteiger partial charge in [-0.15, -0.1) is 0 Å². The van der Waals surface area contributed by atoms with Crippen LogP contribution in [0.25, 0.3) is 10.8 Å². The van der Waals surface area contributed by atoms with Crippen molar-refractivity contribution in [2.45, 2.75) is 25.4 Å². The molecule has 2 aromatic rings. The molecule has 30 heavy (non-hydrogen) atoms. The van der Waals surface area contributed by atoms with E-state index in [1.54, 1.807) is 9.80 Å². The summed E-state index contributed by atoms with van der Waals surface area (Å²) in [6.07, 6.45) is 1.92. The average Bonchev–Trinajstić information content (AvgIpc) is 3.57. The molecule has 0 spiro atoms. The van der Waals surface area contributed by atoms with Crippen LogP contribution in [0.1, 0.15) is 18.4 Å². The average molecular weight is 406 g/mol. The molecule has 0 N–H and O–H groups in total. The molecule has 5 rings (SSSR count). The summed E-state index contributed by atoms with van der Waals surface area (Å²) >= 11 is 0. The van der Waals surface area contributed by atoms with Crippen molar-refractivity contribution in [3.8, 4) is 0 Å². The first-order valence-electron chi connectivity index (χ1n) is 10.7. The van der Waals surface area contributed by atoms with E-state index in [-0.39, 0.29) is 37.0 Å². The lowest BCUT2D eigenvalue weighted by molar-refractivity contribution is -0.137. The highest BCUT2D eigenvalue weighted by Gasteiger charge is 2.44. The number of rotatable bonds is 5. The predicted octanol–water partition coefficient (Wildman–Crippen LogP) is 1.91. The Morgan fingerprint density at radius 3 is 2.43 bits per heavy atom. The topological polar surface area (TPSA) is 64.2 Å². The van der Waals surface area contributed by atoms with Gasteiger partial charge in [0.2, 0.25) is 5.91 Å². The van der Waals surface area contributed by atoms with Crippen molar-refractivity contribution >= 4 is 28.6 Å². The zero-order valence-electron chi connectivity index (χ0n) is 17.0. The van der Waals surface area contributed by atoms with Crippen molar-refractivity contribution in [2.24, 2.45) is 0 Å². The molecule has 0 bridgehead atoms. The van der Waals surface area contributed by atoms with E-state index in [9.17, 15) is 14.4 Å². The molecule has 2 heterocycles. The zero-order valence-corrected chi connectivity index (χ0v) is 17.0. The molecule has 0 unspecified atom stereocenters. The number of imide groups is 1. The molecule has 1 aliphatic carbocycles. The van der Waals surface area contributed by atoms with Crippen LogP contribution in [0.5, 0.6) is 0 Å². The second-order valence-corrected chi connectivity index (χ2v) is 8.42. The molecule has 3 aliphatic rings. The molecule has 4 amide bonds. The second-order valence-electron chi connectivity index (χ2n) is 8.42. The molecule has 3 fully saturated rings. The monoisotopic (exact) mass is 406 g/mol. The summed E-state index contributed by atoms with van der Waals surface area (Å²) < 4.78 is 0. The number of hydrogen-bond acceptors (Lipinski definition) is 4. The minimum Gasteiger partial charge on any atom is -0.339 e. The van der Waals surface area contributed by atoms with E-state index in [1.165, 1.54) is 16.3 Å². The first-order chi connectivity index (χ1) is 14.6. The fourth-order valence-electron chi connectivity index (χ4n) is 4.45. The number of amides is 4. The van der Waals surface area contributed by atoms with Crippen molar-refractivity contribution in [3.63, 3.8) is 0 Å². The summed E-state index contributed by atoms with van der Waals surface area (Å²) in [6, 6.07) is 14.7. The maximum atomic E-state index is 12.7. The zero-order chi connectivity index (χ0) is 20.7. The fourth-order valence-corrected chi connectivity index (χ4v) is 4.45. The third-order valence-electron chi connectivity index (χ3n) is 6.36. The Balaban J connectivity index is 1.16. The summed E-state index contributed by atoms with van der Waals surface area (Å²) in [5, 5.41) is 2.51. The first-order valence-corrected chi connectivity index (χ1v) is 10.7. The van der Waals surface area contributed by atoms with Gasteiger partial charge in [0.05, 0.1) is 0 Å². The van der Waals surface area contributed by atoms with Gasteiger partial charge < -0.3 is 9.80 Å². The highest BCUT2D eigenvalue weighted by molar-refractivity contribution is 6.04. The summed E-state index contributed by atoms with van der Waals surface area (Å²) in [5.41, 5.74) is 1.29. The van der Waals surface area contributed by atoms with Crippen LogP contribution < -0.4 is 0 Å². The Morgan fingerprint density at radius 1 is 0.933 bits per heavy atom. The Hall–Kier alpha value is -2.93. The van der Waals surface area contributed by atoms with Crippen LogP contribution in [0.2, 0.25) is 0 Å². The summed E-state index contributed by atoms with van der Waals surface area (Å²) in [6.45, 7) is 3.64. The number of urea groups is 1. The van der Waals surface area contributed by atoms with Crippen molar-refractivity contribution in [1.82, 2.24) is 19.6 Å². The standard InChI is InChI=1S/C23H26N4O3/c28-21(15-27-22(29)16-26(23(27)30)19-8-9-19)25-12-10-24(11-13-25)14-18-6-3-5-17-4-1-2-7-20(17)18/h1-7,19H,8-16H2. The quantitative estimate of drug-likeness (QED) is 0.712. The lowest BCUT2D eigenvalue weighted by atomic mass is 10.0. The molecule has 7 nitrogen and oxygen atoms in total. The lowest BCUT2D eigenvalue weighted by Crippen LogP contribution is -2.51. The number of hydrogen-bond donors (Lipinski definition) is 0. The van der Waals surface area contributed by atoms with E-state index in [1.807, 2.05) is 0 Å². The van der Waals surface area contributed by atoms with E-state index in [2.05, 4.69) is 47.4 Å². The summed E-state index contributed by atoms with van der Waals surface area (Å²) in [5.74, 6) is -0.394. The number of carbonyl (C=O) groups excluding carboxylic acids is 3. The maximum Gasteiger partial charge on any atom is 0.327 e. The van der Waals surface area contributed by atoms with Crippen LogP contribution in [-0.2, 0) is 16.1 Å². The van der Waals surface area contributed by atoms with E-state index >= 15 is 0 Å². The minimum absolute atomic E-state index is 0.121. The van der Waals surface area contributed by atoms with Gasteiger partial charge in [-0.05, 0) is 29.2 Å². The lowest BCUT2D eigenvalue weighted by Gasteiger charge is -2.35. The van der Waals surface area contributed by atoms with Gasteiger partial charge in [-0.25, -0.2) is 4.79 Å². The van der Waals surface area contributed by atoms with Crippen molar-refractivity contribution in [3.05, 3.63) is 48.0 Å². The first kappa shape index (κ1) is 19.1. The SMILES string of the molecule is O=C(CN1C(=O)CN(C2CC2)C1=O)N1CCN(Cc2cccc3ccccc23)CC1. The van der Waals surface area contributed by atoms with Gasteiger partial charge in [-0.3, -0.25) is 19.4 Å². The number of carbonyl (C=O) groups is 3. The molecule has 0 atom stereocenters. The molecular formula is C23H26N4O3. The van der Waals surface area contributed by atoms with Crippen molar-refractivity contribution in [2.75, 3.05) is 39.3 Å².